The van der Waals surface area contributed by atoms with Gasteiger partial charge in [-0.2, -0.15) is 0 Å². The first kappa shape index (κ1) is 19.9. The number of carboxylic acid groups (broad SMARTS) is 1. The Bertz CT molecular complexity index is 322. The van der Waals surface area contributed by atoms with Crippen molar-refractivity contribution >= 4 is 11.9 Å². The highest BCUT2D eigenvalue weighted by molar-refractivity contribution is 5.76. The molecule has 1 amide bonds. The number of hydrogen-bond donors (Lipinski definition) is 3. The number of carbonyl (C=O) groups excluding carboxylic acids is 1. The average molecular weight is 300 g/mol. The molecule has 0 aliphatic carbocycles. The van der Waals surface area contributed by atoms with Crippen LogP contribution < -0.4 is 10.6 Å². The van der Waals surface area contributed by atoms with Gasteiger partial charge < -0.3 is 15.7 Å². The second-order valence-corrected chi connectivity index (χ2v) is 7.00. The molecule has 0 aromatic carbocycles. The van der Waals surface area contributed by atoms with Crippen molar-refractivity contribution in [3.05, 3.63) is 0 Å². The number of rotatable bonds is 10. The SMILES string of the molecule is CC(C)C(CCNC(=O)CCNC(C)(C)C)CCC(=O)O. The van der Waals surface area contributed by atoms with Gasteiger partial charge in [-0.15, -0.1) is 0 Å². The van der Waals surface area contributed by atoms with Crippen molar-refractivity contribution in [2.45, 2.75) is 65.8 Å². The van der Waals surface area contributed by atoms with Crippen molar-refractivity contribution in [3.8, 4) is 0 Å². The van der Waals surface area contributed by atoms with Crippen molar-refractivity contribution in [2.24, 2.45) is 11.8 Å². The molecule has 0 aromatic heterocycles. The van der Waals surface area contributed by atoms with Gasteiger partial charge in [0.1, 0.15) is 0 Å². The Morgan fingerprint density at radius 2 is 1.67 bits per heavy atom. The first-order valence-electron chi connectivity index (χ1n) is 7.85. The Morgan fingerprint density at radius 1 is 1.05 bits per heavy atom. The smallest absolute Gasteiger partial charge is 0.303 e. The van der Waals surface area contributed by atoms with Crippen molar-refractivity contribution in [1.29, 1.82) is 0 Å². The third kappa shape index (κ3) is 12.4. The highest BCUT2D eigenvalue weighted by Gasteiger charge is 2.15. The molecule has 5 heteroatoms. The summed E-state index contributed by atoms with van der Waals surface area (Å²) >= 11 is 0. The summed E-state index contributed by atoms with van der Waals surface area (Å²) < 4.78 is 0. The summed E-state index contributed by atoms with van der Waals surface area (Å²) in [6, 6.07) is 0. The first-order chi connectivity index (χ1) is 9.61. The van der Waals surface area contributed by atoms with Gasteiger partial charge in [0.25, 0.3) is 0 Å². The molecule has 0 saturated carbocycles. The Kier molecular flexibility index (Phi) is 9.26. The summed E-state index contributed by atoms with van der Waals surface area (Å²) in [5.74, 6) is 0.0725. The maximum atomic E-state index is 11.7. The Hall–Kier alpha value is -1.10. The van der Waals surface area contributed by atoms with Crippen LogP contribution in [0.2, 0.25) is 0 Å². The van der Waals surface area contributed by atoms with Gasteiger partial charge in [-0.25, -0.2) is 0 Å². The highest BCUT2D eigenvalue weighted by Crippen LogP contribution is 2.20. The fourth-order valence-electron chi connectivity index (χ4n) is 2.16. The van der Waals surface area contributed by atoms with Crippen LogP contribution in [0.1, 0.15) is 60.3 Å². The fraction of sp³-hybridized carbons (Fsp3) is 0.875. The zero-order chi connectivity index (χ0) is 16.5. The predicted octanol–water partition coefficient (Wildman–Crippen LogP) is 2.41. The Balaban J connectivity index is 3.87. The Labute approximate surface area is 128 Å². The van der Waals surface area contributed by atoms with Crippen molar-refractivity contribution in [2.75, 3.05) is 13.1 Å². The number of carboxylic acids is 1. The number of hydrogen-bond acceptors (Lipinski definition) is 3. The normalized spacial score (nSPS) is 13.2. The second kappa shape index (κ2) is 9.77. The molecule has 0 heterocycles. The topological polar surface area (TPSA) is 78.4 Å². The van der Waals surface area contributed by atoms with Gasteiger partial charge in [0.05, 0.1) is 0 Å². The summed E-state index contributed by atoms with van der Waals surface area (Å²) in [6.07, 6.45) is 2.18. The molecule has 0 bridgehead atoms. The monoisotopic (exact) mass is 300 g/mol. The van der Waals surface area contributed by atoms with Gasteiger partial charge in [0.2, 0.25) is 5.91 Å². The van der Waals surface area contributed by atoms with Crippen LogP contribution in [0.5, 0.6) is 0 Å². The van der Waals surface area contributed by atoms with Crippen LogP contribution >= 0.6 is 0 Å². The summed E-state index contributed by atoms with van der Waals surface area (Å²) in [5, 5.41) is 14.9. The van der Waals surface area contributed by atoms with E-state index < -0.39 is 5.97 Å². The fourth-order valence-corrected chi connectivity index (χ4v) is 2.16. The van der Waals surface area contributed by atoms with Gasteiger partial charge in [0.15, 0.2) is 0 Å². The van der Waals surface area contributed by atoms with E-state index in [1.165, 1.54) is 0 Å². The Morgan fingerprint density at radius 3 is 2.14 bits per heavy atom. The first-order valence-corrected chi connectivity index (χ1v) is 7.85. The molecule has 3 N–H and O–H groups in total. The van der Waals surface area contributed by atoms with Gasteiger partial charge in [-0.05, 0) is 45.4 Å². The van der Waals surface area contributed by atoms with E-state index >= 15 is 0 Å². The minimum absolute atomic E-state index is 0.0276. The number of carbonyl (C=O) groups is 2. The molecule has 0 saturated heterocycles. The minimum Gasteiger partial charge on any atom is -0.481 e. The molecule has 124 valence electrons. The molecule has 0 aliphatic heterocycles. The van der Waals surface area contributed by atoms with Crippen LogP contribution in [0.4, 0.5) is 0 Å². The molecular formula is C16H32N2O3. The summed E-state index contributed by atoms with van der Waals surface area (Å²) in [4.78, 5) is 22.3. The lowest BCUT2D eigenvalue weighted by molar-refractivity contribution is -0.137. The van der Waals surface area contributed by atoms with Crippen molar-refractivity contribution in [1.82, 2.24) is 10.6 Å². The second-order valence-electron chi connectivity index (χ2n) is 7.00. The van der Waals surface area contributed by atoms with Gasteiger partial charge in [-0.1, -0.05) is 13.8 Å². The van der Waals surface area contributed by atoms with Gasteiger partial charge in [-0.3, -0.25) is 9.59 Å². The molecule has 1 unspecified atom stereocenters. The standard InChI is InChI=1S/C16H32N2O3/c1-12(2)13(6-7-15(20)21)8-10-17-14(19)9-11-18-16(3,4)5/h12-13,18H,6-11H2,1-5H3,(H,17,19)(H,20,21). The third-order valence-corrected chi connectivity index (χ3v) is 3.52. The molecule has 0 rings (SSSR count). The molecule has 0 aliphatic rings. The van der Waals surface area contributed by atoms with Crippen LogP contribution in [-0.2, 0) is 9.59 Å². The number of aliphatic carboxylic acids is 1. The lowest BCUT2D eigenvalue weighted by atomic mass is 9.88. The predicted molar refractivity (Wildman–Crippen MR) is 85.2 cm³/mol. The molecular weight excluding hydrogens is 268 g/mol. The molecule has 0 radical (unpaired) electrons. The number of amides is 1. The largest absolute Gasteiger partial charge is 0.481 e. The van der Waals surface area contributed by atoms with Crippen molar-refractivity contribution in [3.63, 3.8) is 0 Å². The van der Waals surface area contributed by atoms with E-state index in [0.29, 0.717) is 37.8 Å². The van der Waals surface area contributed by atoms with Crippen molar-refractivity contribution < 1.29 is 14.7 Å². The van der Waals surface area contributed by atoms with E-state index in [0.717, 1.165) is 6.42 Å². The van der Waals surface area contributed by atoms with Crippen LogP contribution in [0.3, 0.4) is 0 Å². The molecule has 5 nitrogen and oxygen atoms in total. The van der Waals surface area contributed by atoms with Crippen LogP contribution in [0.25, 0.3) is 0 Å². The third-order valence-electron chi connectivity index (χ3n) is 3.52. The van der Waals surface area contributed by atoms with E-state index in [1.807, 2.05) is 0 Å². The average Bonchev–Trinajstić information content (AvgIpc) is 2.30. The molecule has 21 heavy (non-hydrogen) atoms. The van der Waals surface area contributed by atoms with E-state index in [9.17, 15) is 9.59 Å². The molecule has 1 atom stereocenters. The van der Waals surface area contributed by atoms with Gasteiger partial charge in [0, 0.05) is 31.5 Å². The lowest BCUT2D eigenvalue weighted by Crippen LogP contribution is -2.38. The van der Waals surface area contributed by atoms with Crippen LogP contribution in [0, 0.1) is 11.8 Å². The van der Waals surface area contributed by atoms with E-state index in [-0.39, 0.29) is 17.9 Å². The zero-order valence-corrected chi connectivity index (χ0v) is 14.2. The summed E-state index contributed by atoms with van der Waals surface area (Å²) in [5.41, 5.74) is 0.0276. The maximum Gasteiger partial charge on any atom is 0.303 e. The maximum absolute atomic E-state index is 11.7. The quantitative estimate of drug-likeness (QED) is 0.579. The molecule has 0 fully saturated rings. The molecule has 0 spiro atoms. The highest BCUT2D eigenvalue weighted by atomic mass is 16.4. The summed E-state index contributed by atoms with van der Waals surface area (Å²) in [7, 11) is 0. The van der Waals surface area contributed by atoms with Crippen LogP contribution in [0.15, 0.2) is 0 Å². The van der Waals surface area contributed by atoms with Crippen LogP contribution in [-0.4, -0.2) is 35.6 Å². The summed E-state index contributed by atoms with van der Waals surface area (Å²) in [6.45, 7) is 11.7. The minimum atomic E-state index is -0.752. The lowest BCUT2D eigenvalue weighted by Gasteiger charge is -2.21. The van der Waals surface area contributed by atoms with E-state index in [4.69, 9.17) is 5.11 Å². The number of nitrogens with one attached hydrogen (secondary N) is 2. The van der Waals surface area contributed by atoms with E-state index in [2.05, 4.69) is 45.3 Å². The zero-order valence-electron chi connectivity index (χ0n) is 14.2. The van der Waals surface area contributed by atoms with E-state index in [1.54, 1.807) is 0 Å². The molecule has 0 aromatic rings. The van der Waals surface area contributed by atoms with Gasteiger partial charge >= 0.3 is 5.97 Å².